The van der Waals surface area contributed by atoms with Crippen LogP contribution in [0, 0.1) is 5.82 Å². The van der Waals surface area contributed by atoms with Crippen molar-refractivity contribution in [2.75, 3.05) is 6.61 Å². The van der Waals surface area contributed by atoms with Gasteiger partial charge in [0.25, 0.3) is 5.88 Å². The molecule has 124 valence electrons. The third-order valence-corrected chi connectivity index (χ3v) is 2.77. The van der Waals surface area contributed by atoms with E-state index in [1.54, 1.807) is 6.92 Å². The summed E-state index contributed by atoms with van der Waals surface area (Å²) < 4.78 is 61.3. The summed E-state index contributed by atoms with van der Waals surface area (Å²) in [6.45, 7) is 1.52. The molecule has 0 spiro atoms. The normalized spacial score (nSPS) is 12.8. The van der Waals surface area contributed by atoms with Gasteiger partial charge < -0.3 is 14.6 Å². The molecule has 1 heterocycles. The van der Waals surface area contributed by atoms with Crippen molar-refractivity contribution >= 4 is 0 Å². The van der Waals surface area contributed by atoms with Crippen molar-refractivity contribution in [1.29, 1.82) is 0 Å². The zero-order valence-electron chi connectivity index (χ0n) is 12.0. The van der Waals surface area contributed by atoms with Crippen LogP contribution in [0.5, 0.6) is 17.4 Å². The fourth-order valence-corrected chi connectivity index (χ4v) is 1.62. The number of aliphatic hydroxyl groups excluding tert-OH is 1. The average Bonchev–Trinajstić information content (AvgIpc) is 2.50. The van der Waals surface area contributed by atoms with Gasteiger partial charge in [0, 0.05) is 6.20 Å². The Morgan fingerprint density at radius 1 is 1.17 bits per heavy atom. The van der Waals surface area contributed by atoms with Gasteiger partial charge in [0.15, 0.2) is 5.82 Å². The highest BCUT2D eigenvalue weighted by atomic mass is 19.4. The van der Waals surface area contributed by atoms with E-state index in [4.69, 9.17) is 14.6 Å². The lowest BCUT2D eigenvalue weighted by Crippen LogP contribution is -2.15. The van der Waals surface area contributed by atoms with Gasteiger partial charge in [0.1, 0.15) is 17.6 Å². The third kappa shape index (κ3) is 4.56. The molecule has 0 aliphatic heterocycles. The maximum Gasteiger partial charge on any atom is 0.417 e. The first-order valence-electron chi connectivity index (χ1n) is 6.58. The van der Waals surface area contributed by atoms with E-state index in [0.717, 1.165) is 0 Å². The SMILES string of the molecule is CC(CO)Oc1ccc(Oc2ncc(C(F)(F)F)cc2F)cc1. The molecule has 0 aliphatic carbocycles. The predicted octanol–water partition coefficient (Wildman–Crippen LogP) is 3.79. The van der Waals surface area contributed by atoms with E-state index in [-0.39, 0.29) is 12.4 Å². The van der Waals surface area contributed by atoms with E-state index in [2.05, 4.69) is 4.98 Å². The highest BCUT2D eigenvalue weighted by Crippen LogP contribution is 2.32. The van der Waals surface area contributed by atoms with Crippen LogP contribution >= 0.6 is 0 Å². The monoisotopic (exact) mass is 331 g/mol. The van der Waals surface area contributed by atoms with Crippen LogP contribution in [0.2, 0.25) is 0 Å². The Morgan fingerprint density at radius 2 is 1.78 bits per heavy atom. The summed E-state index contributed by atoms with van der Waals surface area (Å²) in [7, 11) is 0. The van der Waals surface area contributed by atoms with Crippen LogP contribution < -0.4 is 9.47 Å². The summed E-state index contributed by atoms with van der Waals surface area (Å²) in [5, 5.41) is 8.88. The fourth-order valence-electron chi connectivity index (χ4n) is 1.62. The topological polar surface area (TPSA) is 51.6 Å². The molecule has 1 aromatic carbocycles. The van der Waals surface area contributed by atoms with Crippen molar-refractivity contribution in [2.24, 2.45) is 0 Å². The number of rotatable bonds is 5. The molecule has 0 saturated heterocycles. The lowest BCUT2D eigenvalue weighted by atomic mass is 10.2. The molecule has 0 fully saturated rings. The molecular weight excluding hydrogens is 318 g/mol. The molecule has 0 amide bonds. The molecule has 0 radical (unpaired) electrons. The van der Waals surface area contributed by atoms with E-state index in [1.165, 1.54) is 24.3 Å². The van der Waals surface area contributed by atoms with Gasteiger partial charge in [-0.1, -0.05) is 0 Å². The molecule has 1 aromatic heterocycles. The summed E-state index contributed by atoms with van der Waals surface area (Å²) >= 11 is 0. The van der Waals surface area contributed by atoms with Gasteiger partial charge in [-0.05, 0) is 37.3 Å². The molecular formula is C15H13F4NO3. The van der Waals surface area contributed by atoms with Gasteiger partial charge in [-0.2, -0.15) is 13.2 Å². The Kier molecular flexibility index (Phi) is 5.05. The number of pyridine rings is 1. The standard InChI is InChI=1S/C15H13F4NO3/c1-9(8-21)22-11-2-4-12(5-3-11)23-14-13(16)6-10(7-20-14)15(17,18)19/h2-7,9,21H,8H2,1H3. The summed E-state index contributed by atoms with van der Waals surface area (Å²) in [6, 6.07) is 6.24. The minimum absolute atomic E-state index is 0.154. The maximum absolute atomic E-state index is 13.6. The van der Waals surface area contributed by atoms with E-state index in [0.29, 0.717) is 18.0 Å². The first-order chi connectivity index (χ1) is 10.8. The largest absolute Gasteiger partial charge is 0.488 e. The number of alkyl halides is 3. The third-order valence-electron chi connectivity index (χ3n) is 2.77. The quantitative estimate of drug-likeness (QED) is 0.847. The van der Waals surface area contributed by atoms with Gasteiger partial charge in [0.05, 0.1) is 12.2 Å². The Hall–Kier alpha value is -2.35. The van der Waals surface area contributed by atoms with Crippen LogP contribution in [0.15, 0.2) is 36.5 Å². The first kappa shape index (κ1) is 17.0. The van der Waals surface area contributed by atoms with E-state index in [1.807, 2.05) is 0 Å². The van der Waals surface area contributed by atoms with Crippen LogP contribution in [0.25, 0.3) is 0 Å². The Balaban J connectivity index is 2.10. The van der Waals surface area contributed by atoms with Gasteiger partial charge >= 0.3 is 6.18 Å². The fraction of sp³-hybridized carbons (Fsp3) is 0.267. The van der Waals surface area contributed by atoms with E-state index >= 15 is 0 Å². The molecule has 1 unspecified atom stereocenters. The molecule has 4 nitrogen and oxygen atoms in total. The molecule has 1 atom stereocenters. The molecule has 2 aromatic rings. The van der Waals surface area contributed by atoms with Crippen molar-refractivity contribution in [2.45, 2.75) is 19.2 Å². The smallest absolute Gasteiger partial charge is 0.417 e. The number of hydrogen-bond acceptors (Lipinski definition) is 4. The van der Waals surface area contributed by atoms with Gasteiger partial charge in [0.2, 0.25) is 0 Å². The van der Waals surface area contributed by atoms with Crippen LogP contribution in [0.3, 0.4) is 0 Å². The van der Waals surface area contributed by atoms with Crippen LogP contribution in [0.1, 0.15) is 12.5 Å². The van der Waals surface area contributed by atoms with Gasteiger partial charge in [-0.25, -0.2) is 9.37 Å². The highest BCUT2D eigenvalue weighted by molar-refractivity contribution is 5.34. The number of benzene rings is 1. The van der Waals surface area contributed by atoms with Gasteiger partial charge in [-0.15, -0.1) is 0 Å². The minimum atomic E-state index is -4.67. The van der Waals surface area contributed by atoms with E-state index in [9.17, 15) is 17.6 Å². The summed E-state index contributed by atoms with van der Waals surface area (Å²) in [6.07, 6.45) is -4.57. The number of halogens is 4. The number of aliphatic hydroxyl groups is 1. The Bertz CT molecular complexity index is 659. The molecule has 0 saturated carbocycles. The average molecular weight is 331 g/mol. The van der Waals surface area contributed by atoms with Crippen molar-refractivity contribution in [3.05, 3.63) is 47.9 Å². The Morgan fingerprint density at radius 3 is 2.30 bits per heavy atom. The van der Waals surface area contributed by atoms with Crippen LogP contribution in [-0.2, 0) is 6.18 Å². The van der Waals surface area contributed by atoms with Crippen LogP contribution in [-0.4, -0.2) is 22.8 Å². The van der Waals surface area contributed by atoms with E-state index < -0.39 is 29.5 Å². The molecule has 0 bridgehead atoms. The number of ether oxygens (including phenoxy) is 2. The second-order valence-electron chi connectivity index (χ2n) is 4.69. The predicted molar refractivity (Wildman–Crippen MR) is 72.9 cm³/mol. The molecule has 2 rings (SSSR count). The van der Waals surface area contributed by atoms with Crippen molar-refractivity contribution in [3.63, 3.8) is 0 Å². The zero-order valence-corrected chi connectivity index (χ0v) is 12.0. The summed E-state index contributed by atoms with van der Waals surface area (Å²) in [5.41, 5.74) is -1.19. The minimum Gasteiger partial charge on any atom is -0.488 e. The van der Waals surface area contributed by atoms with Crippen LogP contribution in [0.4, 0.5) is 17.6 Å². The van der Waals surface area contributed by atoms with Crippen molar-refractivity contribution in [3.8, 4) is 17.4 Å². The molecule has 1 N–H and O–H groups in total. The number of nitrogens with zero attached hydrogens (tertiary/aromatic N) is 1. The second-order valence-corrected chi connectivity index (χ2v) is 4.69. The second kappa shape index (κ2) is 6.82. The van der Waals surface area contributed by atoms with Crippen molar-refractivity contribution < 1.29 is 32.1 Å². The lowest BCUT2D eigenvalue weighted by molar-refractivity contribution is -0.138. The summed E-state index contributed by atoms with van der Waals surface area (Å²) in [4.78, 5) is 3.34. The van der Waals surface area contributed by atoms with Gasteiger partial charge in [-0.3, -0.25) is 0 Å². The molecule has 0 aliphatic rings. The highest BCUT2D eigenvalue weighted by Gasteiger charge is 2.32. The number of hydrogen-bond donors (Lipinski definition) is 1. The zero-order chi connectivity index (χ0) is 17.0. The Labute approximate surface area is 129 Å². The molecule has 23 heavy (non-hydrogen) atoms. The number of aromatic nitrogens is 1. The first-order valence-corrected chi connectivity index (χ1v) is 6.58. The summed E-state index contributed by atoms with van der Waals surface area (Å²) in [5.74, 6) is -1.13. The molecule has 8 heteroatoms. The maximum atomic E-state index is 13.6. The lowest BCUT2D eigenvalue weighted by Gasteiger charge is -2.12. The van der Waals surface area contributed by atoms with Crippen molar-refractivity contribution in [1.82, 2.24) is 4.98 Å².